The average Bonchev–Trinajstić information content (AvgIpc) is 2.85. The van der Waals surface area contributed by atoms with Crippen molar-refractivity contribution in [2.45, 2.75) is 17.1 Å². The zero-order chi connectivity index (χ0) is 25.7. The van der Waals surface area contributed by atoms with Crippen molar-refractivity contribution in [2.24, 2.45) is 0 Å². The summed E-state index contributed by atoms with van der Waals surface area (Å²) in [5.41, 5.74) is 6.49. The number of thioether (sulfide) groups is 1. The number of alkyl halides is 3. The molecule has 0 aliphatic rings. The van der Waals surface area contributed by atoms with Crippen LogP contribution in [0.5, 0.6) is 0 Å². The van der Waals surface area contributed by atoms with Crippen LogP contribution in [0.2, 0.25) is 0 Å². The molecule has 0 unspecified atom stereocenters. The van der Waals surface area contributed by atoms with Gasteiger partial charge in [0.05, 0.1) is 16.9 Å². The van der Waals surface area contributed by atoms with Gasteiger partial charge in [0.1, 0.15) is 17.5 Å². The van der Waals surface area contributed by atoms with Gasteiger partial charge in [-0.3, -0.25) is 4.79 Å². The minimum atomic E-state index is -4.56. The SMILES string of the molecule is Nc1cc(F)ccc1NC(=O)c1ccc(CSc2nccc(Nc3ncccc3C(F)(F)F)n2)cc1. The summed E-state index contributed by atoms with van der Waals surface area (Å²) < 4.78 is 52.8. The average molecular weight is 515 g/mol. The van der Waals surface area contributed by atoms with Gasteiger partial charge in [-0.05, 0) is 54.1 Å². The number of carbonyl (C=O) groups excluding carboxylic acids is 1. The number of halogens is 4. The largest absolute Gasteiger partial charge is 0.419 e. The summed E-state index contributed by atoms with van der Waals surface area (Å²) in [5, 5.41) is 5.57. The van der Waals surface area contributed by atoms with Crippen molar-refractivity contribution in [3.8, 4) is 0 Å². The number of pyridine rings is 1. The fraction of sp³-hybridized carbons (Fsp3) is 0.0833. The number of carbonyl (C=O) groups is 1. The topological polar surface area (TPSA) is 106 Å². The van der Waals surface area contributed by atoms with Crippen molar-refractivity contribution in [3.05, 3.63) is 95.6 Å². The van der Waals surface area contributed by atoms with Gasteiger partial charge in [-0.15, -0.1) is 0 Å². The van der Waals surface area contributed by atoms with Crippen LogP contribution in [-0.2, 0) is 11.9 Å². The van der Waals surface area contributed by atoms with Gasteiger partial charge in [0.25, 0.3) is 5.91 Å². The minimum absolute atomic E-state index is 0.116. The van der Waals surface area contributed by atoms with Crippen molar-refractivity contribution in [1.29, 1.82) is 0 Å². The van der Waals surface area contributed by atoms with E-state index >= 15 is 0 Å². The molecule has 0 bridgehead atoms. The van der Waals surface area contributed by atoms with Gasteiger partial charge in [-0.25, -0.2) is 19.3 Å². The number of hydrogen-bond acceptors (Lipinski definition) is 7. The number of nitrogens with one attached hydrogen (secondary N) is 2. The molecule has 4 rings (SSSR count). The smallest absolute Gasteiger partial charge is 0.397 e. The van der Waals surface area contributed by atoms with Gasteiger partial charge in [-0.2, -0.15) is 13.2 Å². The van der Waals surface area contributed by atoms with Crippen molar-refractivity contribution in [2.75, 3.05) is 16.4 Å². The first kappa shape index (κ1) is 24.9. The number of aromatic nitrogens is 3. The third-order valence-electron chi connectivity index (χ3n) is 4.84. The van der Waals surface area contributed by atoms with Crippen LogP contribution in [0.3, 0.4) is 0 Å². The molecule has 4 aromatic rings. The Morgan fingerprint density at radius 2 is 1.78 bits per heavy atom. The quantitative estimate of drug-likeness (QED) is 0.122. The zero-order valence-corrected chi connectivity index (χ0v) is 19.2. The molecule has 36 heavy (non-hydrogen) atoms. The summed E-state index contributed by atoms with van der Waals surface area (Å²) in [6.45, 7) is 0. The van der Waals surface area contributed by atoms with E-state index in [4.69, 9.17) is 5.73 Å². The number of nitrogen functional groups attached to an aromatic ring is 1. The predicted molar refractivity (Wildman–Crippen MR) is 129 cm³/mol. The van der Waals surface area contributed by atoms with E-state index in [1.807, 2.05) is 0 Å². The fourth-order valence-electron chi connectivity index (χ4n) is 3.08. The second kappa shape index (κ2) is 10.6. The molecular weight excluding hydrogens is 496 g/mol. The summed E-state index contributed by atoms with van der Waals surface area (Å²) in [7, 11) is 0. The van der Waals surface area contributed by atoms with E-state index in [1.165, 1.54) is 48.4 Å². The van der Waals surface area contributed by atoms with Crippen LogP contribution in [-0.4, -0.2) is 20.9 Å². The second-order valence-corrected chi connectivity index (χ2v) is 8.36. The molecule has 0 aliphatic carbocycles. The van der Waals surface area contributed by atoms with Crippen LogP contribution < -0.4 is 16.4 Å². The lowest BCUT2D eigenvalue weighted by Gasteiger charge is -2.13. The molecule has 0 radical (unpaired) electrons. The Morgan fingerprint density at radius 1 is 1.00 bits per heavy atom. The van der Waals surface area contributed by atoms with Gasteiger partial charge in [-0.1, -0.05) is 23.9 Å². The third-order valence-corrected chi connectivity index (χ3v) is 5.77. The van der Waals surface area contributed by atoms with E-state index in [0.29, 0.717) is 22.2 Å². The maximum Gasteiger partial charge on any atom is 0.419 e. The second-order valence-electron chi connectivity index (χ2n) is 7.42. The first-order chi connectivity index (χ1) is 17.2. The Balaban J connectivity index is 1.38. The highest BCUT2D eigenvalue weighted by Crippen LogP contribution is 2.34. The van der Waals surface area contributed by atoms with Crippen LogP contribution in [0, 0.1) is 5.82 Å². The van der Waals surface area contributed by atoms with Crippen LogP contribution in [0.1, 0.15) is 21.5 Å². The maximum absolute atomic E-state index is 13.2. The summed E-state index contributed by atoms with van der Waals surface area (Å²) in [6.07, 6.45) is -1.87. The molecule has 0 saturated carbocycles. The standard InChI is InChI=1S/C24H18F4N6OS/c25-16-7-8-19(18(29)12-16)32-22(35)15-5-3-14(4-6-15)13-36-23-31-11-9-20(34-23)33-21-17(24(26,27)28)2-1-10-30-21/h1-12H,13,29H2,(H,32,35)(H,30,31,33,34). The first-order valence-electron chi connectivity index (χ1n) is 10.4. The van der Waals surface area contributed by atoms with Crippen LogP contribution in [0.15, 0.2) is 78.2 Å². The van der Waals surface area contributed by atoms with E-state index < -0.39 is 23.5 Å². The molecule has 2 heterocycles. The molecule has 4 N–H and O–H groups in total. The molecule has 0 atom stereocenters. The number of nitrogens with zero attached hydrogens (tertiary/aromatic N) is 3. The molecule has 12 heteroatoms. The Labute approximate surface area is 207 Å². The third kappa shape index (κ3) is 6.27. The van der Waals surface area contributed by atoms with Gasteiger partial charge in [0, 0.05) is 23.7 Å². The van der Waals surface area contributed by atoms with Gasteiger partial charge < -0.3 is 16.4 Å². The van der Waals surface area contributed by atoms with Crippen LogP contribution in [0.25, 0.3) is 0 Å². The summed E-state index contributed by atoms with van der Waals surface area (Å²) in [5.74, 6) is -0.629. The molecule has 0 aliphatic heterocycles. The van der Waals surface area contributed by atoms with Crippen LogP contribution >= 0.6 is 11.8 Å². The highest BCUT2D eigenvalue weighted by Gasteiger charge is 2.34. The van der Waals surface area contributed by atoms with E-state index in [-0.39, 0.29) is 17.3 Å². The minimum Gasteiger partial charge on any atom is -0.397 e. The Morgan fingerprint density at radius 3 is 2.50 bits per heavy atom. The highest BCUT2D eigenvalue weighted by molar-refractivity contribution is 7.98. The Bertz CT molecular complexity index is 1380. The first-order valence-corrected chi connectivity index (χ1v) is 11.4. The van der Waals surface area contributed by atoms with Crippen LogP contribution in [0.4, 0.5) is 40.6 Å². The monoisotopic (exact) mass is 514 g/mol. The molecule has 184 valence electrons. The Hall–Kier alpha value is -4.19. The molecule has 0 saturated heterocycles. The molecular formula is C24H18F4N6OS. The lowest BCUT2D eigenvalue weighted by molar-refractivity contribution is -0.137. The summed E-state index contributed by atoms with van der Waals surface area (Å²) in [4.78, 5) is 24.6. The predicted octanol–water partition coefficient (Wildman–Crippen LogP) is 5.90. The van der Waals surface area contributed by atoms with Crippen molar-refractivity contribution < 1.29 is 22.4 Å². The number of anilines is 4. The number of rotatable bonds is 7. The molecule has 2 aromatic heterocycles. The number of hydrogen-bond donors (Lipinski definition) is 3. The van der Waals surface area contributed by atoms with Crippen molar-refractivity contribution in [3.63, 3.8) is 0 Å². The number of nitrogens with two attached hydrogens (primary N) is 1. The fourth-order valence-corrected chi connectivity index (χ4v) is 3.86. The highest BCUT2D eigenvalue weighted by atomic mass is 32.2. The summed E-state index contributed by atoms with van der Waals surface area (Å²) in [6, 6.07) is 14.1. The maximum atomic E-state index is 13.2. The van der Waals surface area contributed by atoms with Gasteiger partial charge >= 0.3 is 6.18 Å². The zero-order valence-electron chi connectivity index (χ0n) is 18.4. The lowest BCUT2D eigenvalue weighted by atomic mass is 10.1. The van der Waals surface area contributed by atoms with E-state index in [9.17, 15) is 22.4 Å². The van der Waals surface area contributed by atoms with Crippen molar-refractivity contribution >= 4 is 40.7 Å². The molecule has 0 spiro atoms. The van der Waals surface area contributed by atoms with E-state index in [0.717, 1.165) is 17.7 Å². The van der Waals surface area contributed by atoms with Gasteiger partial charge in [0.2, 0.25) is 0 Å². The Kier molecular flexibility index (Phi) is 7.34. The van der Waals surface area contributed by atoms with Crippen molar-refractivity contribution in [1.82, 2.24) is 15.0 Å². The van der Waals surface area contributed by atoms with Gasteiger partial charge in [0.15, 0.2) is 5.16 Å². The number of amides is 1. The van der Waals surface area contributed by atoms with E-state index in [1.54, 1.807) is 24.3 Å². The molecule has 7 nitrogen and oxygen atoms in total. The summed E-state index contributed by atoms with van der Waals surface area (Å²) >= 11 is 1.27. The molecule has 0 fully saturated rings. The molecule has 1 amide bonds. The molecule has 2 aromatic carbocycles. The lowest BCUT2D eigenvalue weighted by Crippen LogP contribution is -2.13. The van der Waals surface area contributed by atoms with E-state index in [2.05, 4.69) is 25.6 Å². The normalized spacial score (nSPS) is 11.2. The number of benzene rings is 2.